The Morgan fingerprint density at radius 1 is 1.30 bits per heavy atom. The molecule has 2 rings (SSSR count). The van der Waals surface area contributed by atoms with E-state index in [-0.39, 0.29) is 12.5 Å². The SMILES string of the molecule is CCCCN1C(=O)C(=O)N(CC(=O)N[C@@](C)(C#N)C2CC2)C1=O. The Morgan fingerprint density at radius 2 is 1.91 bits per heavy atom. The summed E-state index contributed by atoms with van der Waals surface area (Å²) in [5.74, 6) is -2.43. The van der Waals surface area contributed by atoms with Crippen molar-refractivity contribution >= 4 is 23.8 Å². The van der Waals surface area contributed by atoms with Gasteiger partial charge in [0.2, 0.25) is 5.91 Å². The topological polar surface area (TPSA) is 111 Å². The Bertz CT molecular complexity index is 593. The zero-order chi connectivity index (χ0) is 17.2. The van der Waals surface area contributed by atoms with Gasteiger partial charge in [0.25, 0.3) is 0 Å². The average Bonchev–Trinajstić information content (AvgIpc) is 3.34. The monoisotopic (exact) mass is 320 g/mol. The standard InChI is InChI=1S/C15H20N4O4/c1-3-4-7-18-12(21)13(22)19(14(18)23)8-11(20)17-15(2,9-16)10-5-6-10/h10H,3-8H2,1-2H3,(H,17,20)/t15-/m0/s1. The van der Waals surface area contributed by atoms with Gasteiger partial charge in [0.1, 0.15) is 12.1 Å². The average molecular weight is 320 g/mol. The van der Waals surface area contributed by atoms with Crippen LogP contribution in [0.2, 0.25) is 0 Å². The van der Waals surface area contributed by atoms with E-state index < -0.39 is 35.8 Å². The summed E-state index contributed by atoms with van der Waals surface area (Å²) in [6.07, 6.45) is 3.08. The first-order chi connectivity index (χ1) is 10.8. The van der Waals surface area contributed by atoms with Crippen LogP contribution in [0.25, 0.3) is 0 Å². The van der Waals surface area contributed by atoms with Gasteiger partial charge in [-0.1, -0.05) is 13.3 Å². The van der Waals surface area contributed by atoms with Crippen LogP contribution in [0, 0.1) is 17.2 Å². The lowest BCUT2D eigenvalue weighted by Crippen LogP contribution is -2.51. The first kappa shape index (κ1) is 16.9. The highest BCUT2D eigenvalue weighted by Crippen LogP contribution is 2.39. The minimum Gasteiger partial charge on any atom is -0.336 e. The first-order valence-electron chi connectivity index (χ1n) is 7.73. The Morgan fingerprint density at radius 3 is 2.43 bits per heavy atom. The van der Waals surface area contributed by atoms with Crippen molar-refractivity contribution in [3.63, 3.8) is 0 Å². The van der Waals surface area contributed by atoms with Gasteiger partial charge in [-0.2, -0.15) is 5.26 Å². The molecule has 0 aromatic rings. The number of nitrogens with one attached hydrogen (secondary N) is 1. The molecule has 1 saturated carbocycles. The molecule has 8 nitrogen and oxygen atoms in total. The number of unbranched alkanes of at least 4 members (excludes halogenated alkanes) is 1. The van der Waals surface area contributed by atoms with Crippen LogP contribution in [0.15, 0.2) is 0 Å². The molecule has 0 bridgehead atoms. The van der Waals surface area contributed by atoms with Crippen LogP contribution in [-0.4, -0.2) is 52.2 Å². The maximum absolute atomic E-state index is 12.1. The Hall–Kier alpha value is -2.43. The molecule has 0 spiro atoms. The maximum Gasteiger partial charge on any atom is 0.334 e. The van der Waals surface area contributed by atoms with E-state index in [0.29, 0.717) is 11.3 Å². The fourth-order valence-electron chi connectivity index (χ4n) is 2.56. The maximum atomic E-state index is 12.1. The van der Waals surface area contributed by atoms with Gasteiger partial charge in [0, 0.05) is 6.54 Å². The minimum atomic E-state index is -1.01. The number of rotatable bonds is 7. The van der Waals surface area contributed by atoms with E-state index >= 15 is 0 Å². The molecule has 2 fully saturated rings. The molecule has 8 heteroatoms. The molecule has 1 aliphatic carbocycles. The zero-order valence-electron chi connectivity index (χ0n) is 13.3. The molecular weight excluding hydrogens is 300 g/mol. The fraction of sp³-hybridized carbons (Fsp3) is 0.667. The summed E-state index contributed by atoms with van der Waals surface area (Å²) in [7, 11) is 0. The number of hydrogen-bond donors (Lipinski definition) is 1. The third kappa shape index (κ3) is 3.33. The molecule has 23 heavy (non-hydrogen) atoms. The zero-order valence-corrected chi connectivity index (χ0v) is 13.3. The quantitative estimate of drug-likeness (QED) is 0.539. The number of carbonyl (C=O) groups is 4. The number of amides is 5. The van der Waals surface area contributed by atoms with Gasteiger partial charge in [-0.15, -0.1) is 0 Å². The van der Waals surface area contributed by atoms with Crippen molar-refractivity contribution < 1.29 is 19.2 Å². The summed E-state index contributed by atoms with van der Waals surface area (Å²) in [4.78, 5) is 49.4. The lowest BCUT2D eigenvalue weighted by atomic mass is 9.98. The second kappa shape index (κ2) is 6.36. The molecule has 1 heterocycles. The van der Waals surface area contributed by atoms with E-state index in [2.05, 4.69) is 11.4 Å². The number of nitrogens with zero attached hydrogens (tertiary/aromatic N) is 3. The van der Waals surface area contributed by atoms with Crippen LogP contribution >= 0.6 is 0 Å². The van der Waals surface area contributed by atoms with E-state index in [1.807, 2.05) is 6.92 Å². The van der Waals surface area contributed by atoms with Crippen molar-refractivity contribution in [2.24, 2.45) is 5.92 Å². The van der Waals surface area contributed by atoms with Crippen LogP contribution in [0.4, 0.5) is 4.79 Å². The molecule has 0 unspecified atom stereocenters. The third-order valence-electron chi connectivity index (χ3n) is 4.20. The van der Waals surface area contributed by atoms with Crippen LogP contribution in [0.1, 0.15) is 39.5 Å². The summed E-state index contributed by atoms with van der Waals surface area (Å²) in [5.41, 5.74) is -1.01. The predicted molar refractivity (Wildman–Crippen MR) is 78.6 cm³/mol. The van der Waals surface area contributed by atoms with E-state index in [0.717, 1.165) is 24.2 Å². The van der Waals surface area contributed by atoms with Crippen molar-refractivity contribution in [1.29, 1.82) is 5.26 Å². The molecule has 0 aromatic heterocycles. The fourth-order valence-corrected chi connectivity index (χ4v) is 2.56. The molecule has 1 saturated heterocycles. The van der Waals surface area contributed by atoms with E-state index in [4.69, 9.17) is 0 Å². The number of carbonyl (C=O) groups excluding carboxylic acids is 4. The molecule has 0 aromatic carbocycles. The van der Waals surface area contributed by atoms with E-state index in [1.54, 1.807) is 6.92 Å². The van der Waals surface area contributed by atoms with Gasteiger partial charge in [0.05, 0.1) is 6.07 Å². The summed E-state index contributed by atoms with van der Waals surface area (Å²) in [6.45, 7) is 3.14. The lowest BCUT2D eigenvalue weighted by Gasteiger charge is -2.24. The second-order valence-corrected chi connectivity index (χ2v) is 6.12. The number of nitriles is 1. The molecular formula is C15H20N4O4. The van der Waals surface area contributed by atoms with Crippen molar-refractivity contribution in [2.45, 2.75) is 45.1 Å². The highest BCUT2D eigenvalue weighted by Gasteiger charge is 2.47. The third-order valence-corrected chi connectivity index (χ3v) is 4.20. The largest absolute Gasteiger partial charge is 0.336 e. The van der Waals surface area contributed by atoms with Gasteiger partial charge in [-0.05, 0) is 32.1 Å². The Labute approximate surface area is 134 Å². The number of hydrogen-bond acceptors (Lipinski definition) is 5. The summed E-state index contributed by atoms with van der Waals surface area (Å²) in [5, 5.41) is 11.8. The number of urea groups is 1. The molecule has 1 aliphatic heterocycles. The van der Waals surface area contributed by atoms with Crippen LogP contribution in [-0.2, 0) is 14.4 Å². The summed E-state index contributed by atoms with van der Waals surface area (Å²) >= 11 is 0. The van der Waals surface area contributed by atoms with Gasteiger partial charge in [0.15, 0.2) is 0 Å². The van der Waals surface area contributed by atoms with Crippen LogP contribution in [0.5, 0.6) is 0 Å². The first-order valence-corrected chi connectivity index (χ1v) is 7.73. The molecule has 0 radical (unpaired) electrons. The van der Waals surface area contributed by atoms with E-state index in [1.165, 1.54) is 0 Å². The van der Waals surface area contributed by atoms with Crippen molar-refractivity contribution in [3.8, 4) is 6.07 Å². The highest BCUT2D eigenvalue weighted by atomic mass is 16.2. The van der Waals surface area contributed by atoms with Gasteiger partial charge in [-0.25, -0.2) is 9.69 Å². The molecule has 1 atom stereocenters. The smallest absolute Gasteiger partial charge is 0.334 e. The van der Waals surface area contributed by atoms with Gasteiger partial charge >= 0.3 is 17.8 Å². The van der Waals surface area contributed by atoms with E-state index in [9.17, 15) is 24.4 Å². The molecule has 124 valence electrons. The number of imide groups is 2. The van der Waals surface area contributed by atoms with Crippen LogP contribution in [0.3, 0.4) is 0 Å². The lowest BCUT2D eigenvalue weighted by molar-refractivity contribution is -0.144. The minimum absolute atomic E-state index is 0.0871. The molecule has 2 aliphatic rings. The van der Waals surface area contributed by atoms with Crippen molar-refractivity contribution in [2.75, 3.05) is 13.1 Å². The molecule has 5 amide bonds. The van der Waals surface area contributed by atoms with Gasteiger partial charge in [-0.3, -0.25) is 19.3 Å². The Kier molecular flexibility index (Phi) is 4.68. The predicted octanol–water partition coefficient (Wildman–Crippen LogP) is 0.386. The van der Waals surface area contributed by atoms with Crippen molar-refractivity contribution in [1.82, 2.24) is 15.1 Å². The Balaban J connectivity index is 2.00. The second-order valence-electron chi connectivity index (χ2n) is 6.12. The van der Waals surface area contributed by atoms with Crippen LogP contribution < -0.4 is 5.32 Å². The van der Waals surface area contributed by atoms with Gasteiger partial charge < -0.3 is 5.32 Å². The summed E-state index contributed by atoms with van der Waals surface area (Å²) in [6, 6.07) is 1.30. The van der Waals surface area contributed by atoms with Crippen molar-refractivity contribution in [3.05, 3.63) is 0 Å². The normalized spacial score (nSPS) is 20.5. The highest BCUT2D eigenvalue weighted by molar-refractivity contribution is 6.45. The molecule has 1 N–H and O–H groups in total. The summed E-state index contributed by atoms with van der Waals surface area (Å²) < 4.78 is 0.